The Bertz CT molecular complexity index is 1160. The van der Waals surface area contributed by atoms with E-state index in [4.69, 9.17) is 10.1 Å². The number of aromatic nitrogens is 4. The first-order valence-corrected chi connectivity index (χ1v) is 10.7. The summed E-state index contributed by atoms with van der Waals surface area (Å²) in [6, 6.07) is 14.9. The molecule has 0 saturated carbocycles. The van der Waals surface area contributed by atoms with Crippen LogP contribution >= 0.6 is 0 Å². The first-order chi connectivity index (χ1) is 14.7. The number of likely N-dealkylation sites (tertiary alicyclic amines) is 1. The van der Waals surface area contributed by atoms with Crippen molar-refractivity contribution in [3.8, 4) is 11.1 Å². The lowest BCUT2D eigenvalue weighted by molar-refractivity contribution is 0.197. The van der Waals surface area contributed by atoms with E-state index in [9.17, 15) is 0 Å². The Morgan fingerprint density at radius 1 is 1.00 bits per heavy atom. The van der Waals surface area contributed by atoms with Gasteiger partial charge < -0.3 is 0 Å². The van der Waals surface area contributed by atoms with Gasteiger partial charge in [0.05, 0.1) is 11.4 Å². The van der Waals surface area contributed by atoms with E-state index < -0.39 is 0 Å². The van der Waals surface area contributed by atoms with Crippen molar-refractivity contribution in [3.63, 3.8) is 0 Å². The van der Waals surface area contributed by atoms with Crippen molar-refractivity contribution < 1.29 is 0 Å². The number of hydrogen-bond acceptors (Lipinski definition) is 4. The Labute approximate surface area is 177 Å². The molecule has 1 atom stereocenters. The summed E-state index contributed by atoms with van der Waals surface area (Å²) in [4.78, 5) is 11.4. The third kappa shape index (κ3) is 3.50. The number of fused-ring (bicyclic) bond motifs is 1. The molecule has 1 fully saturated rings. The highest BCUT2D eigenvalue weighted by Gasteiger charge is 2.25. The van der Waals surface area contributed by atoms with Crippen molar-refractivity contribution in [2.75, 3.05) is 13.1 Å². The van der Waals surface area contributed by atoms with Gasteiger partial charge in [0.2, 0.25) is 0 Å². The summed E-state index contributed by atoms with van der Waals surface area (Å²) in [7, 11) is 0. The maximum Gasteiger partial charge on any atom is 0.163 e. The Hall–Kier alpha value is -3.05. The van der Waals surface area contributed by atoms with Crippen LogP contribution in [0.15, 0.2) is 61.1 Å². The summed E-state index contributed by atoms with van der Waals surface area (Å²) in [5.74, 6) is 0.456. The van der Waals surface area contributed by atoms with Crippen molar-refractivity contribution in [1.82, 2.24) is 24.5 Å². The lowest BCUT2D eigenvalue weighted by Crippen LogP contribution is -2.34. The average Bonchev–Trinajstić information content (AvgIpc) is 3.12. The topological polar surface area (TPSA) is 46.3 Å². The minimum absolute atomic E-state index is 0.456. The van der Waals surface area contributed by atoms with Gasteiger partial charge in [-0.15, -0.1) is 0 Å². The molecule has 0 bridgehead atoms. The zero-order valence-electron chi connectivity index (χ0n) is 17.6. The van der Waals surface area contributed by atoms with Crippen LogP contribution in [0.3, 0.4) is 0 Å². The largest absolute Gasteiger partial charge is 0.298 e. The van der Waals surface area contributed by atoms with Crippen molar-refractivity contribution >= 4 is 5.65 Å². The van der Waals surface area contributed by atoms with Crippen molar-refractivity contribution in [1.29, 1.82) is 0 Å². The molecule has 1 saturated heterocycles. The quantitative estimate of drug-likeness (QED) is 0.497. The third-order valence-corrected chi connectivity index (χ3v) is 6.27. The molecule has 5 rings (SSSR count). The average molecular weight is 398 g/mol. The summed E-state index contributed by atoms with van der Waals surface area (Å²) in [5, 5.41) is 4.90. The smallest absolute Gasteiger partial charge is 0.163 e. The fraction of sp³-hybridized carbons (Fsp3) is 0.320. The summed E-state index contributed by atoms with van der Waals surface area (Å²) >= 11 is 0. The minimum Gasteiger partial charge on any atom is -0.298 e. The van der Waals surface area contributed by atoms with Gasteiger partial charge in [-0.2, -0.15) is 5.10 Å². The van der Waals surface area contributed by atoms with E-state index in [2.05, 4.69) is 58.6 Å². The molecule has 0 aliphatic carbocycles. The molecule has 30 heavy (non-hydrogen) atoms. The van der Waals surface area contributed by atoms with Crippen LogP contribution in [0.4, 0.5) is 0 Å². The van der Waals surface area contributed by atoms with E-state index in [1.54, 1.807) is 0 Å². The van der Waals surface area contributed by atoms with Crippen molar-refractivity contribution in [2.24, 2.45) is 0 Å². The highest BCUT2D eigenvalue weighted by molar-refractivity contribution is 5.79. The molecule has 0 radical (unpaired) electrons. The second kappa shape index (κ2) is 8.00. The summed E-state index contributed by atoms with van der Waals surface area (Å²) < 4.78 is 2.08. The van der Waals surface area contributed by atoms with Gasteiger partial charge >= 0.3 is 0 Å². The highest BCUT2D eigenvalue weighted by Crippen LogP contribution is 2.32. The van der Waals surface area contributed by atoms with E-state index in [-0.39, 0.29) is 0 Å². The predicted molar refractivity (Wildman–Crippen MR) is 119 cm³/mol. The lowest BCUT2D eigenvalue weighted by Gasteiger charge is -2.33. The van der Waals surface area contributed by atoms with Gasteiger partial charge in [-0.05, 0) is 68.1 Å². The van der Waals surface area contributed by atoms with E-state index >= 15 is 0 Å². The van der Waals surface area contributed by atoms with E-state index in [0.717, 1.165) is 42.1 Å². The van der Waals surface area contributed by atoms with Crippen LogP contribution in [-0.2, 0) is 6.54 Å². The van der Waals surface area contributed by atoms with Crippen LogP contribution < -0.4 is 0 Å². The Morgan fingerprint density at radius 3 is 2.67 bits per heavy atom. The van der Waals surface area contributed by atoms with Gasteiger partial charge in [0, 0.05) is 43.2 Å². The lowest BCUT2D eigenvalue weighted by atomic mass is 9.93. The zero-order chi connectivity index (χ0) is 20.5. The maximum absolute atomic E-state index is 4.90. The Kier molecular flexibility index (Phi) is 5.05. The predicted octanol–water partition coefficient (Wildman–Crippen LogP) is 4.79. The molecular formula is C25H27N5. The van der Waals surface area contributed by atoms with Crippen LogP contribution in [0.2, 0.25) is 0 Å². The molecule has 3 aromatic heterocycles. The first-order valence-electron chi connectivity index (χ1n) is 10.7. The molecule has 4 heterocycles. The molecule has 5 heteroatoms. The number of hydrogen-bond donors (Lipinski definition) is 0. The van der Waals surface area contributed by atoms with Gasteiger partial charge in [-0.25, -0.2) is 9.50 Å². The molecule has 152 valence electrons. The second-order valence-electron chi connectivity index (χ2n) is 8.30. The van der Waals surface area contributed by atoms with Crippen LogP contribution in [0.25, 0.3) is 16.8 Å². The Morgan fingerprint density at radius 2 is 1.83 bits per heavy atom. The van der Waals surface area contributed by atoms with Crippen molar-refractivity contribution in [2.45, 2.75) is 39.2 Å². The van der Waals surface area contributed by atoms with E-state index in [1.807, 2.05) is 30.7 Å². The minimum atomic E-state index is 0.456. The molecule has 5 nitrogen and oxygen atoms in total. The fourth-order valence-electron chi connectivity index (χ4n) is 4.70. The number of aryl methyl sites for hydroxylation is 2. The van der Waals surface area contributed by atoms with Gasteiger partial charge in [0.1, 0.15) is 0 Å². The monoisotopic (exact) mass is 397 g/mol. The normalized spacial score (nSPS) is 17.5. The summed E-state index contributed by atoms with van der Waals surface area (Å²) in [5.41, 5.74) is 8.22. The second-order valence-corrected chi connectivity index (χ2v) is 8.30. The molecule has 1 aliphatic heterocycles. The highest BCUT2D eigenvalue weighted by atomic mass is 15.3. The van der Waals surface area contributed by atoms with Crippen LogP contribution in [0.5, 0.6) is 0 Å². The van der Waals surface area contributed by atoms with E-state index in [0.29, 0.717) is 5.92 Å². The molecule has 0 amide bonds. The molecule has 1 unspecified atom stereocenters. The zero-order valence-corrected chi connectivity index (χ0v) is 17.6. The van der Waals surface area contributed by atoms with Gasteiger partial charge in [0.25, 0.3) is 0 Å². The number of nitrogens with zero attached hydrogens (tertiary/aromatic N) is 5. The molecule has 4 aromatic rings. The Balaban J connectivity index is 1.47. The summed E-state index contributed by atoms with van der Waals surface area (Å²) in [6.45, 7) is 7.49. The third-order valence-electron chi connectivity index (χ3n) is 6.27. The van der Waals surface area contributed by atoms with Crippen LogP contribution in [0.1, 0.15) is 41.3 Å². The number of benzene rings is 1. The fourth-order valence-corrected chi connectivity index (χ4v) is 4.70. The number of pyridine rings is 1. The first kappa shape index (κ1) is 18.9. The maximum atomic E-state index is 4.90. The van der Waals surface area contributed by atoms with Crippen LogP contribution in [-0.4, -0.2) is 37.6 Å². The van der Waals surface area contributed by atoms with Gasteiger partial charge in [-0.3, -0.25) is 9.88 Å². The molecule has 0 spiro atoms. The standard InChI is InChI=1S/C25H27N5/c1-18-6-3-4-7-21(18)16-29-15-5-8-22(17-29)23-11-14-27-25-24(19(2)28-30(23)25)20-9-12-26-13-10-20/h3-4,6-7,9-14,22H,5,8,15-17H2,1-2H3. The molecular weight excluding hydrogens is 370 g/mol. The number of piperidine rings is 1. The van der Waals surface area contributed by atoms with Gasteiger partial charge in [-0.1, -0.05) is 24.3 Å². The SMILES string of the molecule is Cc1ccccc1CN1CCCC(c2ccnc3c(-c4ccncc4)c(C)nn23)C1. The molecule has 0 N–H and O–H groups in total. The van der Waals surface area contributed by atoms with Crippen LogP contribution in [0, 0.1) is 13.8 Å². The summed E-state index contributed by atoms with van der Waals surface area (Å²) in [6.07, 6.45) is 7.99. The number of rotatable bonds is 4. The molecule has 1 aromatic carbocycles. The molecule has 1 aliphatic rings. The van der Waals surface area contributed by atoms with Crippen molar-refractivity contribution in [3.05, 3.63) is 83.6 Å². The van der Waals surface area contributed by atoms with E-state index in [1.165, 1.54) is 29.7 Å². The van der Waals surface area contributed by atoms with Gasteiger partial charge in [0.15, 0.2) is 5.65 Å².